The van der Waals surface area contributed by atoms with Crippen LogP contribution in [0.3, 0.4) is 0 Å². The molecular formula is C12H14N4. The smallest absolute Gasteiger partial charge is 0.111 e. The van der Waals surface area contributed by atoms with Crippen LogP contribution in [0.5, 0.6) is 0 Å². The summed E-state index contributed by atoms with van der Waals surface area (Å²) in [5, 5.41) is 10.8. The normalized spacial score (nSPS) is 20.1. The second-order valence-electron chi connectivity index (χ2n) is 4.07. The monoisotopic (exact) mass is 214 g/mol. The highest BCUT2D eigenvalue weighted by Crippen LogP contribution is 2.24. The van der Waals surface area contributed by atoms with Gasteiger partial charge in [0.25, 0.3) is 0 Å². The van der Waals surface area contributed by atoms with Gasteiger partial charge in [-0.25, -0.2) is 0 Å². The lowest BCUT2D eigenvalue weighted by atomic mass is 10.1. The SMILES string of the molecule is c1ccc(-c2cc(C3CCCN3)[nH]n2)nc1. The average Bonchev–Trinajstić information content (AvgIpc) is 3.01. The van der Waals surface area contributed by atoms with E-state index in [1.165, 1.54) is 12.8 Å². The Morgan fingerprint density at radius 2 is 2.25 bits per heavy atom. The molecule has 1 aliphatic heterocycles. The Hall–Kier alpha value is -1.68. The highest BCUT2D eigenvalue weighted by atomic mass is 15.1. The van der Waals surface area contributed by atoms with Crippen LogP contribution in [0.15, 0.2) is 30.5 Å². The predicted octanol–water partition coefficient (Wildman–Crippen LogP) is 1.90. The first-order valence-corrected chi connectivity index (χ1v) is 5.63. The molecule has 1 unspecified atom stereocenters. The number of hydrogen-bond acceptors (Lipinski definition) is 3. The molecule has 0 amide bonds. The van der Waals surface area contributed by atoms with Crippen LogP contribution < -0.4 is 5.32 Å². The van der Waals surface area contributed by atoms with Crippen molar-refractivity contribution in [1.29, 1.82) is 0 Å². The van der Waals surface area contributed by atoms with Gasteiger partial charge < -0.3 is 5.32 Å². The Kier molecular flexibility index (Phi) is 2.42. The largest absolute Gasteiger partial charge is 0.309 e. The fourth-order valence-corrected chi connectivity index (χ4v) is 2.11. The van der Waals surface area contributed by atoms with Gasteiger partial charge in [-0.1, -0.05) is 6.07 Å². The maximum absolute atomic E-state index is 4.30. The zero-order valence-electron chi connectivity index (χ0n) is 8.98. The number of H-pyrrole nitrogens is 1. The van der Waals surface area contributed by atoms with Crippen LogP contribution in [-0.4, -0.2) is 21.7 Å². The summed E-state index contributed by atoms with van der Waals surface area (Å²) < 4.78 is 0. The number of aromatic amines is 1. The van der Waals surface area contributed by atoms with E-state index < -0.39 is 0 Å². The molecule has 0 aromatic carbocycles. The molecule has 0 aliphatic carbocycles. The number of nitrogens with zero attached hydrogens (tertiary/aromatic N) is 2. The third-order valence-corrected chi connectivity index (χ3v) is 2.96. The lowest BCUT2D eigenvalue weighted by Crippen LogP contribution is -2.12. The third-order valence-electron chi connectivity index (χ3n) is 2.96. The van der Waals surface area contributed by atoms with Crippen molar-refractivity contribution in [2.75, 3.05) is 6.54 Å². The molecule has 3 rings (SSSR count). The molecule has 4 heteroatoms. The van der Waals surface area contributed by atoms with E-state index in [1.807, 2.05) is 18.2 Å². The fraction of sp³-hybridized carbons (Fsp3) is 0.333. The summed E-state index contributed by atoms with van der Waals surface area (Å²) >= 11 is 0. The van der Waals surface area contributed by atoms with Gasteiger partial charge in [-0.15, -0.1) is 0 Å². The minimum Gasteiger partial charge on any atom is -0.309 e. The molecule has 2 aromatic heterocycles. The molecule has 1 aliphatic rings. The second-order valence-corrected chi connectivity index (χ2v) is 4.07. The Bertz CT molecular complexity index is 457. The summed E-state index contributed by atoms with van der Waals surface area (Å²) in [5.74, 6) is 0. The van der Waals surface area contributed by atoms with Crippen molar-refractivity contribution in [2.24, 2.45) is 0 Å². The van der Waals surface area contributed by atoms with E-state index in [0.29, 0.717) is 6.04 Å². The minimum atomic E-state index is 0.435. The molecule has 4 nitrogen and oxygen atoms in total. The van der Waals surface area contributed by atoms with Gasteiger partial charge in [0.1, 0.15) is 5.69 Å². The minimum absolute atomic E-state index is 0.435. The van der Waals surface area contributed by atoms with Gasteiger partial charge in [-0.3, -0.25) is 10.1 Å². The molecule has 1 saturated heterocycles. The van der Waals surface area contributed by atoms with Crippen LogP contribution in [0.4, 0.5) is 0 Å². The van der Waals surface area contributed by atoms with Crippen molar-refractivity contribution in [2.45, 2.75) is 18.9 Å². The van der Waals surface area contributed by atoms with Crippen LogP contribution >= 0.6 is 0 Å². The van der Waals surface area contributed by atoms with E-state index in [2.05, 4.69) is 26.6 Å². The van der Waals surface area contributed by atoms with Crippen LogP contribution in [0.1, 0.15) is 24.6 Å². The lowest BCUT2D eigenvalue weighted by molar-refractivity contribution is 0.625. The van der Waals surface area contributed by atoms with Gasteiger partial charge in [0.15, 0.2) is 0 Å². The first-order chi connectivity index (χ1) is 7.93. The standard InChI is InChI=1S/C12H14N4/c1-2-6-13-9(4-1)11-8-12(16-15-11)10-5-3-7-14-10/h1-2,4,6,8,10,14H,3,5,7H2,(H,15,16). The molecule has 0 saturated carbocycles. The van der Waals surface area contributed by atoms with E-state index in [0.717, 1.165) is 23.6 Å². The molecule has 2 N–H and O–H groups in total. The summed E-state index contributed by atoms with van der Waals surface area (Å²) in [6.45, 7) is 1.10. The molecule has 82 valence electrons. The van der Waals surface area contributed by atoms with Gasteiger partial charge >= 0.3 is 0 Å². The Labute approximate surface area is 94.1 Å². The van der Waals surface area contributed by atoms with Crippen molar-refractivity contribution in [1.82, 2.24) is 20.5 Å². The first-order valence-electron chi connectivity index (χ1n) is 5.63. The molecule has 0 radical (unpaired) electrons. The van der Waals surface area contributed by atoms with Gasteiger partial charge in [0.2, 0.25) is 0 Å². The third kappa shape index (κ3) is 1.72. The number of aromatic nitrogens is 3. The van der Waals surface area contributed by atoms with Gasteiger partial charge in [0.05, 0.1) is 11.4 Å². The van der Waals surface area contributed by atoms with Gasteiger partial charge in [-0.05, 0) is 37.6 Å². The number of nitrogens with one attached hydrogen (secondary N) is 2. The van der Waals surface area contributed by atoms with Crippen LogP contribution in [0, 0.1) is 0 Å². The van der Waals surface area contributed by atoms with Crippen molar-refractivity contribution < 1.29 is 0 Å². The molecular weight excluding hydrogens is 200 g/mol. The molecule has 0 bridgehead atoms. The predicted molar refractivity (Wildman–Crippen MR) is 61.8 cm³/mol. The highest BCUT2D eigenvalue weighted by Gasteiger charge is 2.18. The molecule has 16 heavy (non-hydrogen) atoms. The zero-order chi connectivity index (χ0) is 10.8. The number of pyridine rings is 1. The van der Waals surface area contributed by atoms with Gasteiger partial charge in [0, 0.05) is 12.2 Å². The van der Waals surface area contributed by atoms with Crippen LogP contribution in [-0.2, 0) is 0 Å². The average molecular weight is 214 g/mol. The molecule has 1 atom stereocenters. The van der Waals surface area contributed by atoms with E-state index >= 15 is 0 Å². The van der Waals surface area contributed by atoms with Crippen LogP contribution in [0.2, 0.25) is 0 Å². The van der Waals surface area contributed by atoms with E-state index in [-0.39, 0.29) is 0 Å². The molecule has 1 fully saturated rings. The Morgan fingerprint density at radius 3 is 3.00 bits per heavy atom. The van der Waals surface area contributed by atoms with Gasteiger partial charge in [-0.2, -0.15) is 5.10 Å². The summed E-state index contributed by atoms with van der Waals surface area (Å²) in [7, 11) is 0. The summed E-state index contributed by atoms with van der Waals surface area (Å²) in [6, 6.07) is 8.39. The maximum Gasteiger partial charge on any atom is 0.111 e. The Balaban J connectivity index is 1.87. The fourth-order valence-electron chi connectivity index (χ4n) is 2.11. The van der Waals surface area contributed by atoms with E-state index in [1.54, 1.807) is 6.20 Å². The Morgan fingerprint density at radius 1 is 1.25 bits per heavy atom. The van der Waals surface area contributed by atoms with Crippen molar-refractivity contribution in [3.05, 3.63) is 36.2 Å². The maximum atomic E-state index is 4.30. The number of hydrogen-bond donors (Lipinski definition) is 2. The second kappa shape index (κ2) is 4.06. The summed E-state index contributed by atoms with van der Waals surface area (Å²) in [4.78, 5) is 4.29. The zero-order valence-corrected chi connectivity index (χ0v) is 8.98. The molecule has 3 heterocycles. The van der Waals surface area contributed by atoms with E-state index in [4.69, 9.17) is 0 Å². The van der Waals surface area contributed by atoms with Crippen LogP contribution in [0.25, 0.3) is 11.4 Å². The quantitative estimate of drug-likeness (QED) is 0.802. The number of rotatable bonds is 2. The van der Waals surface area contributed by atoms with Crippen molar-refractivity contribution in [3.8, 4) is 11.4 Å². The molecule has 2 aromatic rings. The van der Waals surface area contributed by atoms with E-state index in [9.17, 15) is 0 Å². The molecule has 0 spiro atoms. The summed E-state index contributed by atoms with van der Waals surface area (Å²) in [6.07, 6.45) is 4.21. The topological polar surface area (TPSA) is 53.6 Å². The van der Waals surface area contributed by atoms with Crippen molar-refractivity contribution >= 4 is 0 Å². The highest BCUT2D eigenvalue weighted by molar-refractivity contribution is 5.53. The summed E-state index contributed by atoms with van der Waals surface area (Å²) in [5.41, 5.74) is 3.01. The lowest BCUT2D eigenvalue weighted by Gasteiger charge is -2.05. The van der Waals surface area contributed by atoms with Crippen molar-refractivity contribution in [3.63, 3.8) is 0 Å². The first kappa shape index (κ1) is 9.54.